The lowest BCUT2D eigenvalue weighted by Gasteiger charge is -2.20. The first kappa shape index (κ1) is 14.0. The molecule has 2 nitrogen and oxygen atoms in total. The van der Waals surface area contributed by atoms with Crippen LogP contribution in [0.2, 0.25) is 0 Å². The van der Waals surface area contributed by atoms with Gasteiger partial charge in [0.1, 0.15) is 5.75 Å². The van der Waals surface area contributed by atoms with Crippen LogP contribution in [0, 0.1) is 0 Å². The molecule has 0 fully saturated rings. The van der Waals surface area contributed by atoms with Crippen LogP contribution >= 0.6 is 0 Å². The monoisotopic (exact) mass is 235 g/mol. The topological polar surface area (TPSA) is 35.2 Å². The van der Waals surface area contributed by atoms with Crippen molar-refractivity contribution in [3.05, 3.63) is 29.8 Å². The molecule has 0 aliphatic rings. The van der Waals surface area contributed by atoms with E-state index < -0.39 is 0 Å². The van der Waals surface area contributed by atoms with E-state index >= 15 is 0 Å². The molecule has 0 heterocycles. The Morgan fingerprint density at radius 2 is 1.76 bits per heavy atom. The van der Waals surface area contributed by atoms with E-state index in [1.54, 1.807) is 0 Å². The molecule has 1 unspecified atom stereocenters. The number of hydrogen-bond donors (Lipinski definition) is 1. The zero-order chi connectivity index (χ0) is 12.9. The van der Waals surface area contributed by atoms with Gasteiger partial charge >= 0.3 is 0 Å². The molecule has 0 spiro atoms. The standard InChI is InChI=1S/C15H25NO/c1-12(6-5-11-16)17-14-9-7-13(8-10-14)15(2,3)4/h7-10,12H,5-6,11,16H2,1-4H3. The molecule has 0 amide bonds. The van der Waals surface area contributed by atoms with Gasteiger partial charge in [-0.1, -0.05) is 32.9 Å². The summed E-state index contributed by atoms with van der Waals surface area (Å²) < 4.78 is 5.83. The first-order valence-electron chi connectivity index (χ1n) is 6.41. The smallest absolute Gasteiger partial charge is 0.119 e. The Balaban J connectivity index is 2.56. The molecule has 17 heavy (non-hydrogen) atoms. The van der Waals surface area contributed by atoms with Gasteiger partial charge < -0.3 is 10.5 Å². The summed E-state index contributed by atoms with van der Waals surface area (Å²) >= 11 is 0. The highest BCUT2D eigenvalue weighted by molar-refractivity contribution is 5.31. The largest absolute Gasteiger partial charge is 0.491 e. The summed E-state index contributed by atoms with van der Waals surface area (Å²) in [7, 11) is 0. The van der Waals surface area contributed by atoms with Crippen molar-refractivity contribution >= 4 is 0 Å². The molecule has 1 atom stereocenters. The van der Waals surface area contributed by atoms with Crippen LogP contribution in [-0.2, 0) is 5.41 Å². The van der Waals surface area contributed by atoms with Gasteiger partial charge in [0.05, 0.1) is 6.10 Å². The fourth-order valence-electron chi connectivity index (χ4n) is 1.73. The van der Waals surface area contributed by atoms with Gasteiger partial charge in [-0.15, -0.1) is 0 Å². The molecule has 0 aromatic heterocycles. The van der Waals surface area contributed by atoms with E-state index in [1.807, 2.05) is 0 Å². The van der Waals surface area contributed by atoms with Crippen molar-refractivity contribution in [2.75, 3.05) is 6.54 Å². The predicted octanol–water partition coefficient (Wildman–Crippen LogP) is 3.49. The summed E-state index contributed by atoms with van der Waals surface area (Å²) in [6, 6.07) is 8.40. The highest BCUT2D eigenvalue weighted by atomic mass is 16.5. The minimum absolute atomic E-state index is 0.198. The van der Waals surface area contributed by atoms with Crippen LogP contribution in [0.3, 0.4) is 0 Å². The van der Waals surface area contributed by atoms with Crippen molar-refractivity contribution in [3.8, 4) is 5.75 Å². The van der Waals surface area contributed by atoms with Crippen LogP contribution in [0.25, 0.3) is 0 Å². The Hall–Kier alpha value is -1.02. The van der Waals surface area contributed by atoms with E-state index in [4.69, 9.17) is 10.5 Å². The molecule has 0 aliphatic heterocycles. The molecule has 1 rings (SSSR count). The molecule has 0 saturated carbocycles. The number of benzene rings is 1. The van der Waals surface area contributed by atoms with Crippen molar-refractivity contribution < 1.29 is 4.74 Å². The van der Waals surface area contributed by atoms with Crippen molar-refractivity contribution in [2.45, 2.75) is 52.1 Å². The third-order valence-electron chi connectivity index (χ3n) is 2.87. The summed E-state index contributed by atoms with van der Waals surface area (Å²) in [4.78, 5) is 0. The molecular formula is C15H25NO. The minimum atomic E-state index is 0.198. The lowest BCUT2D eigenvalue weighted by atomic mass is 9.87. The molecule has 1 aromatic carbocycles. The van der Waals surface area contributed by atoms with Crippen LogP contribution in [-0.4, -0.2) is 12.6 Å². The average Bonchev–Trinajstić information content (AvgIpc) is 2.26. The van der Waals surface area contributed by atoms with Gasteiger partial charge in [0.25, 0.3) is 0 Å². The Kier molecular flexibility index (Phi) is 5.01. The van der Waals surface area contributed by atoms with Gasteiger partial charge in [-0.25, -0.2) is 0 Å². The quantitative estimate of drug-likeness (QED) is 0.848. The highest BCUT2D eigenvalue weighted by Crippen LogP contribution is 2.24. The van der Waals surface area contributed by atoms with Crippen molar-refractivity contribution in [1.29, 1.82) is 0 Å². The molecule has 0 bridgehead atoms. The van der Waals surface area contributed by atoms with Crippen LogP contribution in [0.4, 0.5) is 0 Å². The van der Waals surface area contributed by atoms with Crippen LogP contribution in [0.15, 0.2) is 24.3 Å². The third-order valence-corrected chi connectivity index (χ3v) is 2.87. The van der Waals surface area contributed by atoms with Gasteiger partial charge in [0.15, 0.2) is 0 Å². The number of hydrogen-bond acceptors (Lipinski definition) is 2. The lowest BCUT2D eigenvalue weighted by Crippen LogP contribution is -2.14. The molecule has 0 radical (unpaired) electrons. The van der Waals surface area contributed by atoms with E-state index in [2.05, 4.69) is 52.0 Å². The van der Waals surface area contributed by atoms with Crippen molar-refractivity contribution in [3.63, 3.8) is 0 Å². The second kappa shape index (κ2) is 6.06. The van der Waals surface area contributed by atoms with Gasteiger partial charge in [0, 0.05) is 0 Å². The Morgan fingerprint density at radius 3 is 2.24 bits per heavy atom. The second-order valence-corrected chi connectivity index (χ2v) is 5.63. The summed E-state index contributed by atoms with van der Waals surface area (Å²) in [6.07, 6.45) is 2.26. The number of ether oxygens (including phenoxy) is 1. The average molecular weight is 235 g/mol. The highest BCUT2D eigenvalue weighted by Gasteiger charge is 2.13. The van der Waals surface area contributed by atoms with E-state index in [-0.39, 0.29) is 11.5 Å². The van der Waals surface area contributed by atoms with Crippen molar-refractivity contribution in [2.24, 2.45) is 5.73 Å². The summed E-state index contributed by atoms with van der Waals surface area (Å²) in [5.74, 6) is 0.947. The van der Waals surface area contributed by atoms with Crippen LogP contribution < -0.4 is 10.5 Å². The molecule has 96 valence electrons. The molecule has 0 saturated heterocycles. The molecule has 1 aromatic rings. The van der Waals surface area contributed by atoms with E-state index in [0.29, 0.717) is 0 Å². The van der Waals surface area contributed by atoms with E-state index in [0.717, 1.165) is 25.1 Å². The molecule has 2 heteroatoms. The maximum atomic E-state index is 5.83. The zero-order valence-electron chi connectivity index (χ0n) is 11.5. The maximum Gasteiger partial charge on any atom is 0.119 e. The fraction of sp³-hybridized carbons (Fsp3) is 0.600. The van der Waals surface area contributed by atoms with E-state index in [9.17, 15) is 0 Å². The Morgan fingerprint density at radius 1 is 1.18 bits per heavy atom. The summed E-state index contributed by atoms with van der Waals surface area (Å²) in [5.41, 5.74) is 7.01. The van der Waals surface area contributed by atoms with Crippen LogP contribution in [0.5, 0.6) is 5.75 Å². The van der Waals surface area contributed by atoms with Gasteiger partial charge in [-0.3, -0.25) is 0 Å². The van der Waals surface area contributed by atoms with Gasteiger partial charge in [-0.2, -0.15) is 0 Å². The maximum absolute atomic E-state index is 5.83. The van der Waals surface area contributed by atoms with Crippen molar-refractivity contribution in [1.82, 2.24) is 0 Å². The second-order valence-electron chi connectivity index (χ2n) is 5.63. The first-order chi connectivity index (χ1) is 7.93. The summed E-state index contributed by atoms with van der Waals surface area (Å²) in [6.45, 7) is 9.47. The van der Waals surface area contributed by atoms with Crippen LogP contribution in [0.1, 0.15) is 46.1 Å². The molecule has 0 aliphatic carbocycles. The number of rotatable bonds is 5. The Labute approximate surface area is 105 Å². The predicted molar refractivity (Wildman–Crippen MR) is 73.5 cm³/mol. The zero-order valence-corrected chi connectivity index (χ0v) is 11.5. The minimum Gasteiger partial charge on any atom is -0.491 e. The third kappa shape index (κ3) is 4.78. The van der Waals surface area contributed by atoms with Gasteiger partial charge in [-0.05, 0) is 49.4 Å². The Bertz CT molecular complexity index is 324. The lowest BCUT2D eigenvalue weighted by molar-refractivity contribution is 0.208. The summed E-state index contributed by atoms with van der Waals surface area (Å²) in [5, 5.41) is 0. The van der Waals surface area contributed by atoms with Gasteiger partial charge in [0.2, 0.25) is 0 Å². The van der Waals surface area contributed by atoms with E-state index in [1.165, 1.54) is 5.56 Å². The number of nitrogens with two attached hydrogens (primary N) is 1. The first-order valence-corrected chi connectivity index (χ1v) is 6.41. The molecule has 2 N–H and O–H groups in total. The fourth-order valence-corrected chi connectivity index (χ4v) is 1.73. The SMILES string of the molecule is CC(CCCN)Oc1ccc(C(C)(C)C)cc1. The normalized spacial score (nSPS) is 13.5. The molecular weight excluding hydrogens is 210 g/mol.